The number of aromatic nitrogens is 4. The second kappa shape index (κ2) is 8.53. The molecule has 2 aromatic heterocycles. The first kappa shape index (κ1) is 23.6. The van der Waals surface area contributed by atoms with Crippen LogP contribution < -0.4 is 5.73 Å². The van der Waals surface area contributed by atoms with Gasteiger partial charge in [0.25, 0.3) is 0 Å². The Morgan fingerprint density at radius 2 is 2.27 bits per heavy atom. The lowest BCUT2D eigenvalue weighted by atomic mass is 9.77. The normalized spacial score (nSPS) is 40.8. The van der Waals surface area contributed by atoms with Crippen molar-refractivity contribution in [2.75, 3.05) is 12.3 Å². The number of alkyl halides is 1. The average Bonchev–Trinajstić information content (AvgIpc) is 3.39. The highest BCUT2D eigenvalue weighted by atomic mass is 32.9. The zero-order chi connectivity index (χ0) is 23.5. The lowest BCUT2D eigenvalue weighted by molar-refractivity contribution is -0.0343. The molecule has 0 amide bonds. The van der Waals surface area contributed by atoms with E-state index >= 15 is 4.39 Å². The van der Waals surface area contributed by atoms with Crippen LogP contribution in [0.15, 0.2) is 24.8 Å². The van der Waals surface area contributed by atoms with Crippen molar-refractivity contribution in [3.63, 3.8) is 0 Å². The molecule has 0 bridgehead atoms. The van der Waals surface area contributed by atoms with Crippen LogP contribution in [0, 0.1) is 11.8 Å². The molecule has 5 rings (SSSR count). The molecule has 8 atom stereocenters. The van der Waals surface area contributed by atoms with E-state index in [9.17, 15) is 0 Å². The van der Waals surface area contributed by atoms with Gasteiger partial charge in [-0.25, -0.2) is 19.3 Å². The first-order valence-corrected chi connectivity index (χ1v) is 15.2. The predicted molar refractivity (Wildman–Crippen MR) is 131 cm³/mol. The summed E-state index contributed by atoms with van der Waals surface area (Å²) in [6.45, 7) is 10.4. The summed E-state index contributed by atoms with van der Waals surface area (Å²) in [5.74, 6) is 0.308. The number of hydrogen-bond acceptors (Lipinski definition) is 9. The summed E-state index contributed by atoms with van der Waals surface area (Å²) < 4.78 is 35.4. The number of nitrogen functional groups attached to an aromatic ring is 1. The Morgan fingerprint density at radius 3 is 3.03 bits per heavy atom. The number of ether oxygens (including phenoxy) is 1. The summed E-state index contributed by atoms with van der Waals surface area (Å²) >= 11 is 7.52. The van der Waals surface area contributed by atoms with Crippen molar-refractivity contribution in [1.82, 2.24) is 19.5 Å². The summed E-state index contributed by atoms with van der Waals surface area (Å²) in [7, 11) is 0. The number of allylic oxidation sites excluding steroid dienone is 1. The standard InChI is InChI=1S/C21H29FN5O3PS2/c1-11(2)13-5-6-21(4)15(7-13)30-31(32,33-21)28-8-14-12(3)16(22)20(29-14)27-10-26-17-18(23)24-9-25-19(17)27/h9-10,12-16,20H,1,5-8H2,2-4H3,(H2,23,24,25)/t12-,13+,14-,15-,16-,20-,21-,31-/m1/s1. The Kier molecular flexibility index (Phi) is 6.11. The molecule has 1 saturated carbocycles. The molecule has 3 aliphatic rings. The van der Waals surface area contributed by atoms with Crippen molar-refractivity contribution in [3.05, 3.63) is 24.8 Å². The van der Waals surface area contributed by atoms with E-state index in [2.05, 4.69) is 35.4 Å². The highest BCUT2D eigenvalue weighted by Gasteiger charge is 2.54. The van der Waals surface area contributed by atoms with E-state index in [1.165, 1.54) is 18.2 Å². The second-order valence-electron chi connectivity index (χ2n) is 9.51. The van der Waals surface area contributed by atoms with Gasteiger partial charge in [-0.2, -0.15) is 0 Å². The third kappa shape index (κ3) is 4.15. The SMILES string of the molecule is C=C(C)[C@H]1CC[C@@]2(C)S[P@](=S)(OC[C@H]3O[C@@H](n4cnc5c(N)ncnc54)[C@H](F)[C@@H]3C)O[C@@H]2C1. The summed E-state index contributed by atoms with van der Waals surface area (Å²) in [6, 6.07) is 0. The van der Waals surface area contributed by atoms with E-state index in [1.807, 2.05) is 6.92 Å². The summed E-state index contributed by atoms with van der Waals surface area (Å²) in [5.41, 5.74) is 5.36. The maximum atomic E-state index is 15.3. The van der Waals surface area contributed by atoms with Gasteiger partial charge in [-0.1, -0.05) is 30.5 Å². The molecular formula is C21H29FN5O3PS2. The minimum Gasteiger partial charge on any atom is -0.382 e. The highest BCUT2D eigenvalue weighted by Crippen LogP contribution is 2.75. The van der Waals surface area contributed by atoms with Gasteiger partial charge in [0.1, 0.15) is 11.8 Å². The molecule has 0 spiro atoms. The van der Waals surface area contributed by atoms with Crippen molar-refractivity contribution in [2.24, 2.45) is 11.8 Å². The first-order valence-electron chi connectivity index (χ1n) is 11.1. The van der Waals surface area contributed by atoms with Crippen LogP contribution in [-0.4, -0.2) is 49.3 Å². The van der Waals surface area contributed by atoms with Crippen molar-refractivity contribution in [3.8, 4) is 0 Å². The number of rotatable bonds is 5. The van der Waals surface area contributed by atoms with Crippen LogP contribution >= 0.6 is 17.1 Å². The molecule has 1 aliphatic carbocycles. The predicted octanol–water partition coefficient (Wildman–Crippen LogP) is 4.79. The van der Waals surface area contributed by atoms with Gasteiger partial charge < -0.3 is 19.5 Å². The zero-order valence-corrected chi connectivity index (χ0v) is 21.4. The molecule has 0 unspecified atom stereocenters. The van der Waals surface area contributed by atoms with Crippen molar-refractivity contribution >= 4 is 45.9 Å². The zero-order valence-electron chi connectivity index (χ0n) is 18.9. The van der Waals surface area contributed by atoms with Gasteiger partial charge in [0.05, 0.1) is 25.1 Å². The van der Waals surface area contributed by atoms with E-state index in [4.69, 9.17) is 31.3 Å². The molecule has 2 N–H and O–H groups in total. The topological polar surface area (TPSA) is 97.3 Å². The largest absolute Gasteiger partial charge is 0.382 e. The van der Waals surface area contributed by atoms with Crippen LogP contribution in [0.5, 0.6) is 0 Å². The Balaban J connectivity index is 1.27. The molecule has 33 heavy (non-hydrogen) atoms. The maximum absolute atomic E-state index is 15.3. The first-order chi connectivity index (χ1) is 15.6. The van der Waals surface area contributed by atoms with Gasteiger partial charge in [0.15, 0.2) is 23.9 Å². The number of anilines is 1. The molecule has 4 heterocycles. The van der Waals surface area contributed by atoms with Crippen LogP contribution in [-0.2, 0) is 25.6 Å². The Hall–Kier alpha value is -1.10. The van der Waals surface area contributed by atoms with Crippen LogP contribution in [0.2, 0.25) is 0 Å². The number of hydrogen-bond donors (Lipinski definition) is 1. The van der Waals surface area contributed by atoms with Gasteiger partial charge in [0.2, 0.25) is 5.69 Å². The maximum Gasteiger partial charge on any atom is 0.248 e. The molecule has 2 aliphatic heterocycles. The molecule has 0 radical (unpaired) electrons. The number of nitrogens with zero attached hydrogens (tertiary/aromatic N) is 4. The fourth-order valence-corrected chi connectivity index (χ4v) is 12.1. The number of fused-ring (bicyclic) bond motifs is 2. The van der Waals surface area contributed by atoms with Crippen molar-refractivity contribution < 1.29 is 18.2 Å². The Morgan fingerprint density at radius 1 is 1.48 bits per heavy atom. The number of halogens is 1. The highest BCUT2D eigenvalue weighted by molar-refractivity contribution is 8.68. The lowest BCUT2D eigenvalue weighted by Gasteiger charge is -2.37. The van der Waals surface area contributed by atoms with Gasteiger partial charge >= 0.3 is 0 Å². The molecular weight excluding hydrogens is 484 g/mol. The van der Waals surface area contributed by atoms with E-state index in [0.29, 0.717) is 17.1 Å². The average molecular weight is 514 g/mol. The molecule has 3 fully saturated rings. The van der Waals surface area contributed by atoms with Crippen LogP contribution in [0.1, 0.15) is 46.3 Å². The molecule has 0 aromatic carbocycles. The van der Waals surface area contributed by atoms with E-state index in [-0.39, 0.29) is 23.3 Å². The Labute approximate surface area is 201 Å². The third-order valence-corrected chi connectivity index (χ3v) is 13.0. The summed E-state index contributed by atoms with van der Waals surface area (Å²) in [4.78, 5) is 12.4. The van der Waals surface area contributed by atoms with Crippen LogP contribution in [0.4, 0.5) is 10.2 Å². The van der Waals surface area contributed by atoms with Gasteiger partial charge in [-0.3, -0.25) is 4.57 Å². The summed E-state index contributed by atoms with van der Waals surface area (Å²) in [5, 5.41) is 0. The second-order valence-corrected chi connectivity index (χ2v) is 16.1. The number of imidazole rings is 1. The molecule has 2 aromatic rings. The Bertz CT molecular complexity index is 1130. The van der Waals surface area contributed by atoms with Gasteiger partial charge in [0, 0.05) is 10.7 Å². The third-order valence-electron chi connectivity index (χ3n) is 7.18. The fraction of sp³-hybridized carbons (Fsp3) is 0.667. The van der Waals surface area contributed by atoms with Crippen LogP contribution in [0.3, 0.4) is 0 Å². The fourth-order valence-electron chi connectivity index (χ4n) is 4.92. The minimum absolute atomic E-state index is 0.0508. The van der Waals surface area contributed by atoms with Crippen molar-refractivity contribution in [2.45, 2.75) is 69.4 Å². The van der Waals surface area contributed by atoms with E-state index < -0.39 is 30.1 Å². The smallest absolute Gasteiger partial charge is 0.248 e. The molecule has 180 valence electrons. The molecule has 12 heteroatoms. The van der Waals surface area contributed by atoms with Crippen molar-refractivity contribution in [1.29, 1.82) is 0 Å². The molecule has 8 nitrogen and oxygen atoms in total. The monoisotopic (exact) mass is 513 g/mol. The quantitative estimate of drug-likeness (QED) is 0.447. The summed E-state index contributed by atoms with van der Waals surface area (Å²) in [6.07, 6.45) is 3.30. The van der Waals surface area contributed by atoms with Gasteiger partial charge in [-0.05, 0) is 50.8 Å². The van der Waals surface area contributed by atoms with E-state index in [1.54, 1.807) is 15.9 Å². The van der Waals surface area contributed by atoms with E-state index in [0.717, 1.165) is 19.3 Å². The minimum atomic E-state index is -2.56. The lowest BCUT2D eigenvalue weighted by Crippen LogP contribution is -2.39. The van der Waals surface area contributed by atoms with Gasteiger partial charge in [-0.15, -0.1) is 0 Å². The number of nitrogens with two attached hydrogens (primary N) is 1. The molecule has 2 saturated heterocycles. The van der Waals surface area contributed by atoms with Crippen LogP contribution in [0.25, 0.3) is 11.2 Å².